The minimum absolute atomic E-state index is 0.796. The first-order chi connectivity index (χ1) is 7.66. The zero-order chi connectivity index (χ0) is 11.5. The molecule has 82 valence electrons. The van der Waals surface area contributed by atoms with Crippen LogP contribution in [0.4, 0.5) is 5.82 Å². The van der Waals surface area contributed by atoms with E-state index in [1.807, 2.05) is 50.2 Å². The molecule has 0 unspecified atom stereocenters. The average Bonchev–Trinajstić information content (AvgIpc) is 2.29. The van der Waals surface area contributed by atoms with E-state index in [-0.39, 0.29) is 0 Å². The van der Waals surface area contributed by atoms with Crippen LogP contribution in [-0.4, -0.2) is 24.1 Å². The predicted octanol–water partition coefficient (Wildman–Crippen LogP) is 2.52. The van der Waals surface area contributed by atoms with Gasteiger partial charge in [-0.05, 0) is 6.92 Å². The average molecular weight is 213 g/mol. The van der Waals surface area contributed by atoms with Crippen LogP contribution in [0.1, 0.15) is 5.82 Å². The summed E-state index contributed by atoms with van der Waals surface area (Å²) in [5, 5.41) is 0. The smallest absolute Gasteiger partial charge is 0.132 e. The Hall–Kier alpha value is -1.90. The summed E-state index contributed by atoms with van der Waals surface area (Å²) >= 11 is 0. The largest absolute Gasteiger partial charge is 0.363 e. The summed E-state index contributed by atoms with van der Waals surface area (Å²) in [6.45, 7) is 1.92. The topological polar surface area (TPSA) is 29.0 Å². The van der Waals surface area contributed by atoms with E-state index in [1.165, 1.54) is 0 Å². The molecule has 1 heterocycles. The Morgan fingerprint density at radius 2 is 1.69 bits per heavy atom. The second-order valence-corrected chi connectivity index (χ2v) is 3.92. The first-order valence-corrected chi connectivity index (χ1v) is 5.25. The van der Waals surface area contributed by atoms with Crippen molar-refractivity contribution in [2.24, 2.45) is 0 Å². The van der Waals surface area contributed by atoms with Gasteiger partial charge in [0.2, 0.25) is 0 Å². The van der Waals surface area contributed by atoms with Gasteiger partial charge in [0.15, 0.2) is 0 Å². The molecule has 0 spiro atoms. The molecule has 0 amide bonds. The van der Waals surface area contributed by atoms with E-state index in [0.717, 1.165) is 22.9 Å². The van der Waals surface area contributed by atoms with E-state index >= 15 is 0 Å². The lowest BCUT2D eigenvalue weighted by Gasteiger charge is -2.13. The second-order valence-electron chi connectivity index (χ2n) is 3.92. The fourth-order valence-corrected chi connectivity index (χ4v) is 1.54. The molecule has 1 aromatic heterocycles. The fourth-order valence-electron chi connectivity index (χ4n) is 1.54. The lowest BCUT2D eigenvalue weighted by molar-refractivity contribution is 0.992. The van der Waals surface area contributed by atoms with Crippen molar-refractivity contribution in [3.8, 4) is 11.3 Å². The SMILES string of the molecule is Cc1nc(-c2ccccc2)cc(N(C)C)n1. The highest BCUT2D eigenvalue weighted by Crippen LogP contribution is 2.20. The number of nitrogens with zero attached hydrogens (tertiary/aromatic N) is 3. The zero-order valence-electron chi connectivity index (χ0n) is 9.81. The minimum atomic E-state index is 0.796. The van der Waals surface area contributed by atoms with Crippen molar-refractivity contribution < 1.29 is 0 Å². The summed E-state index contributed by atoms with van der Waals surface area (Å²) in [6, 6.07) is 12.2. The Morgan fingerprint density at radius 3 is 2.31 bits per heavy atom. The van der Waals surface area contributed by atoms with E-state index in [1.54, 1.807) is 0 Å². The van der Waals surface area contributed by atoms with Crippen molar-refractivity contribution in [1.82, 2.24) is 9.97 Å². The Kier molecular flexibility index (Phi) is 2.86. The maximum atomic E-state index is 4.45. The summed E-state index contributed by atoms with van der Waals surface area (Å²) in [4.78, 5) is 10.8. The molecule has 0 aliphatic heterocycles. The molecule has 3 heteroatoms. The molecule has 16 heavy (non-hydrogen) atoms. The van der Waals surface area contributed by atoms with Gasteiger partial charge < -0.3 is 4.90 Å². The summed E-state index contributed by atoms with van der Waals surface area (Å²) in [5.74, 6) is 1.73. The number of aromatic nitrogens is 2. The zero-order valence-corrected chi connectivity index (χ0v) is 9.81. The Morgan fingerprint density at radius 1 is 1.00 bits per heavy atom. The molecule has 3 nitrogen and oxygen atoms in total. The van der Waals surface area contributed by atoms with Gasteiger partial charge in [-0.25, -0.2) is 9.97 Å². The van der Waals surface area contributed by atoms with Crippen LogP contribution < -0.4 is 4.90 Å². The first-order valence-electron chi connectivity index (χ1n) is 5.25. The molecule has 0 fully saturated rings. The van der Waals surface area contributed by atoms with Crippen LogP contribution in [-0.2, 0) is 0 Å². The van der Waals surface area contributed by atoms with Crippen LogP contribution >= 0.6 is 0 Å². The predicted molar refractivity (Wildman–Crippen MR) is 66.5 cm³/mol. The van der Waals surface area contributed by atoms with Crippen LogP contribution in [0.5, 0.6) is 0 Å². The fraction of sp³-hybridized carbons (Fsp3) is 0.231. The van der Waals surface area contributed by atoms with Crippen molar-refractivity contribution >= 4 is 5.82 Å². The summed E-state index contributed by atoms with van der Waals surface area (Å²) in [7, 11) is 3.97. The molecule has 0 saturated heterocycles. The summed E-state index contributed by atoms with van der Waals surface area (Å²) in [5.41, 5.74) is 2.09. The second kappa shape index (κ2) is 4.31. The molecule has 1 aromatic carbocycles. The molecular formula is C13H15N3. The maximum Gasteiger partial charge on any atom is 0.132 e. The van der Waals surface area contributed by atoms with Crippen molar-refractivity contribution in [3.05, 3.63) is 42.2 Å². The molecule has 2 aromatic rings. The summed E-state index contributed by atoms with van der Waals surface area (Å²) < 4.78 is 0. The van der Waals surface area contributed by atoms with E-state index in [0.29, 0.717) is 0 Å². The lowest BCUT2D eigenvalue weighted by atomic mass is 10.1. The van der Waals surface area contributed by atoms with Gasteiger partial charge in [-0.15, -0.1) is 0 Å². The summed E-state index contributed by atoms with van der Waals surface area (Å²) in [6.07, 6.45) is 0. The van der Waals surface area contributed by atoms with Crippen LogP contribution in [0.15, 0.2) is 36.4 Å². The third-order valence-corrected chi connectivity index (χ3v) is 2.35. The van der Waals surface area contributed by atoms with E-state index in [4.69, 9.17) is 0 Å². The third-order valence-electron chi connectivity index (χ3n) is 2.35. The van der Waals surface area contributed by atoms with Gasteiger partial charge in [-0.2, -0.15) is 0 Å². The number of aryl methyl sites for hydroxylation is 1. The Labute approximate surface area is 95.8 Å². The van der Waals surface area contributed by atoms with Crippen LogP contribution in [0.3, 0.4) is 0 Å². The molecule has 0 radical (unpaired) electrons. The normalized spacial score (nSPS) is 10.2. The highest BCUT2D eigenvalue weighted by Gasteiger charge is 2.04. The molecule has 0 atom stereocenters. The van der Waals surface area contributed by atoms with Crippen molar-refractivity contribution in [3.63, 3.8) is 0 Å². The van der Waals surface area contributed by atoms with Crippen molar-refractivity contribution in [2.45, 2.75) is 6.92 Å². The van der Waals surface area contributed by atoms with Gasteiger partial charge in [0.05, 0.1) is 5.69 Å². The van der Waals surface area contributed by atoms with Crippen LogP contribution in [0.25, 0.3) is 11.3 Å². The van der Waals surface area contributed by atoms with Crippen molar-refractivity contribution in [2.75, 3.05) is 19.0 Å². The van der Waals surface area contributed by atoms with Gasteiger partial charge >= 0.3 is 0 Å². The van der Waals surface area contributed by atoms with E-state index < -0.39 is 0 Å². The highest BCUT2D eigenvalue weighted by atomic mass is 15.1. The molecule has 0 aliphatic rings. The van der Waals surface area contributed by atoms with Gasteiger partial charge in [0.25, 0.3) is 0 Å². The quantitative estimate of drug-likeness (QED) is 0.767. The molecule has 0 N–H and O–H groups in total. The van der Waals surface area contributed by atoms with Gasteiger partial charge in [-0.3, -0.25) is 0 Å². The van der Waals surface area contributed by atoms with Crippen LogP contribution in [0.2, 0.25) is 0 Å². The van der Waals surface area contributed by atoms with Gasteiger partial charge in [0, 0.05) is 25.7 Å². The Balaban J connectivity index is 2.50. The highest BCUT2D eigenvalue weighted by molar-refractivity contribution is 5.62. The maximum absolute atomic E-state index is 4.45. The first kappa shape index (κ1) is 10.6. The monoisotopic (exact) mass is 213 g/mol. The molecule has 0 saturated carbocycles. The standard InChI is InChI=1S/C13H15N3/c1-10-14-12(9-13(15-10)16(2)3)11-7-5-4-6-8-11/h4-9H,1-3H3. The number of hydrogen-bond donors (Lipinski definition) is 0. The van der Waals surface area contributed by atoms with Crippen LogP contribution in [0, 0.1) is 6.92 Å². The number of rotatable bonds is 2. The molecule has 0 bridgehead atoms. The van der Waals surface area contributed by atoms with Crippen molar-refractivity contribution in [1.29, 1.82) is 0 Å². The number of benzene rings is 1. The van der Waals surface area contributed by atoms with E-state index in [2.05, 4.69) is 22.1 Å². The third kappa shape index (κ3) is 2.19. The molecule has 0 aliphatic carbocycles. The lowest BCUT2D eigenvalue weighted by Crippen LogP contribution is -2.12. The number of anilines is 1. The minimum Gasteiger partial charge on any atom is -0.363 e. The van der Waals surface area contributed by atoms with Gasteiger partial charge in [-0.1, -0.05) is 30.3 Å². The Bertz CT molecular complexity index is 478. The van der Waals surface area contributed by atoms with Gasteiger partial charge in [0.1, 0.15) is 11.6 Å². The molecular weight excluding hydrogens is 198 g/mol. The number of hydrogen-bond acceptors (Lipinski definition) is 3. The molecule has 2 rings (SSSR count). The van der Waals surface area contributed by atoms with E-state index in [9.17, 15) is 0 Å².